The van der Waals surface area contributed by atoms with Gasteiger partial charge in [-0.3, -0.25) is 14.5 Å². The van der Waals surface area contributed by atoms with Crippen LogP contribution in [0.5, 0.6) is 28.7 Å². The molecule has 2 heterocycles. The van der Waals surface area contributed by atoms with E-state index in [2.05, 4.69) is 15.4 Å². The molecule has 6 rings (SSSR count). The molecule has 9 atom stereocenters. The number of benzene rings is 2. The lowest BCUT2D eigenvalue weighted by Gasteiger charge is -2.35. The number of nitrogens with zero attached hydrogens (tertiary/aromatic N) is 3. The number of aromatic nitrogens is 1. The van der Waals surface area contributed by atoms with Crippen LogP contribution in [0.1, 0.15) is 72.6 Å². The van der Waals surface area contributed by atoms with Crippen molar-refractivity contribution < 1.29 is 71.8 Å². The van der Waals surface area contributed by atoms with Gasteiger partial charge in [-0.1, -0.05) is 45.3 Å². The second-order valence-corrected chi connectivity index (χ2v) is 20.0. The highest BCUT2D eigenvalue weighted by atomic mass is 16.6. The fourth-order valence-corrected chi connectivity index (χ4v) is 10.6. The number of aliphatic hydroxyl groups is 2. The molecule has 75 heavy (non-hydrogen) atoms. The maximum absolute atomic E-state index is 14.0. The largest absolute Gasteiger partial charge is 0.493 e. The van der Waals surface area contributed by atoms with Crippen LogP contribution >= 0.6 is 0 Å². The van der Waals surface area contributed by atoms with Gasteiger partial charge < -0.3 is 68.6 Å². The summed E-state index contributed by atoms with van der Waals surface area (Å²) in [6.07, 6.45) is 0.259. The Labute approximate surface area is 439 Å². The van der Waals surface area contributed by atoms with Gasteiger partial charge in [-0.15, -0.1) is 0 Å². The van der Waals surface area contributed by atoms with E-state index in [0.717, 1.165) is 0 Å². The first kappa shape index (κ1) is 58.1. The summed E-state index contributed by atoms with van der Waals surface area (Å²) in [5.41, 5.74) is 8.50. The van der Waals surface area contributed by atoms with Gasteiger partial charge >= 0.3 is 12.2 Å². The third-order valence-electron chi connectivity index (χ3n) is 14.8. The molecule has 1 aliphatic heterocycles. The number of Topliss-reactive ketones (excluding diaryl/α,β-unsaturated/α-hetero) is 1. The van der Waals surface area contributed by atoms with Crippen molar-refractivity contribution in [1.29, 1.82) is 0 Å². The number of rotatable bonds is 14. The summed E-state index contributed by atoms with van der Waals surface area (Å²) >= 11 is 0. The van der Waals surface area contributed by atoms with Crippen molar-refractivity contribution >= 4 is 23.8 Å². The normalized spacial score (nSPS) is 25.8. The Morgan fingerprint density at radius 3 is 2.11 bits per heavy atom. The zero-order valence-corrected chi connectivity index (χ0v) is 45.1. The molecule has 2 aliphatic carbocycles. The summed E-state index contributed by atoms with van der Waals surface area (Å²) in [5, 5.41) is 31.0. The van der Waals surface area contributed by atoms with Crippen LogP contribution in [0.15, 0.2) is 64.0 Å². The molecule has 3 unspecified atom stereocenters. The average Bonchev–Trinajstić information content (AvgIpc) is 3.90. The van der Waals surface area contributed by atoms with Crippen LogP contribution in [0.3, 0.4) is 0 Å². The number of amides is 2. The molecule has 20 nitrogen and oxygen atoms in total. The Bertz CT molecular complexity index is 2480. The van der Waals surface area contributed by atoms with Crippen molar-refractivity contribution in [2.75, 3.05) is 81.9 Å². The highest BCUT2D eigenvalue weighted by Gasteiger charge is 2.37. The van der Waals surface area contributed by atoms with Crippen LogP contribution in [0.4, 0.5) is 9.59 Å². The predicted molar refractivity (Wildman–Crippen MR) is 278 cm³/mol. The number of hydrogen-bond acceptors (Lipinski definition) is 18. The van der Waals surface area contributed by atoms with E-state index >= 15 is 0 Å². The molecular weight excluding hydrogens is 971 g/mol. The van der Waals surface area contributed by atoms with Gasteiger partial charge in [-0.2, -0.15) is 0 Å². The molecule has 5 N–H and O–H groups in total. The van der Waals surface area contributed by atoms with Gasteiger partial charge in [0.25, 0.3) is 0 Å². The Hall–Kier alpha value is -6.19. The van der Waals surface area contributed by atoms with Crippen molar-refractivity contribution in [2.45, 2.75) is 103 Å². The fourth-order valence-electron chi connectivity index (χ4n) is 10.6. The number of carbonyl (C=O) groups is 4. The molecule has 3 aromatic rings. The van der Waals surface area contributed by atoms with E-state index in [1.165, 1.54) is 34.5 Å². The van der Waals surface area contributed by atoms with Crippen molar-refractivity contribution in [3.05, 3.63) is 59.4 Å². The van der Waals surface area contributed by atoms with Crippen LogP contribution in [-0.2, 0) is 23.8 Å². The van der Waals surface area contributed by atoms with Gasteiger partial charge in [0, 0.05) is 77.0 Å². The molecule has 412 valence electrons. The second-order valence-electron chi connectivity index (χ2n) is 20.0. The van der Waals surface area contributed by atoms with E-state index in [0.29, 0.717) is 134 Å². The number of hydrogen-bond donors (Lipinski definition) is 4. The number of nitrogens with one attached hydrogen (secondary N) is 1. The summed E-state index contributed by atoms with van der Waals surface area (Å²) in [7, 11) is 9.16. The molecular formula is C55H77N5O15. The predicted octanol–water partition coefficient (Wildman–Crippen LogP) is 6.59. The summed E-state index contributed by atoms with van der Waals surface area (Å²) in [6.45, 7) is 10.4. The van der Waals surface area contributed by atoms with Crippen LogP contribution in [0.2, 0.25) is 0 Å². The Balaban J connectivity index is 1.11. The van der Waals surface area contributed by atoms with Crippen LogP contribution in [-0.4, -0.2) is 161 Å². The number of allylic oxidation sites excluding steroid dienone is 1. The van der Waals surface area contributed by atoms with E-state index in [-0.39, 0.29) is 53.1 Å². The van der Waals surface area contributed by atoms with E-state index in [1.54, 1.807) is 49.6 Å². The number of aliphatic hydroxyl groups excluding tert-OH is 2. The van der Waals surface area contributed by atoms with Crippen molar-refractivity contribution in [3.63, 3.8) is 0 Å². The number of ketones is 2. The number of methoxy groups -OCH3 is 6. The average molecular weight is 1050 g/mol. The lowest BCUT2D eigenvalue weighted by atomic mass is 9.80. The van der Waals surface area contributed by atoms with E-state index in [1.807, 2.05) is 33.8 Å². The highest BCUT2D eigenvalue weighted by molar-refractivity contribution is 6.06. The topological polar surface area (TPSA) is 253 Å². The summed E-state index contributed by atoms with van der Waals surface area (Å²) in [6, 6.07) is 8.71. The lowest BCUT2D eigenvalue weighted by Crippen LogP contribution is -2.50. The molecule has 1 saturated carbocycles. The van der Waals surface area contributed by atoms with E-state index < -0.39 is 42.7 Å². The first-order valence-electron chi connectivity index (χ1n) is 25.7. The number of piperazine rings is 1. The van der Waals surface area contributed by atoms with Gasteiger partial charge in [-0.25, -0.2) is 9.59 Å². The number of ether oxygens (including phenoxy) is 8. The van der Waals surface area contributed by atoms with Crippen LogP contribution in [0.25, 0.3) is 22.5 Å². The zero-order chi connectivity index (χ0) is 54.5. The third kappa shape index (κ3) is 14.4. The monoisotopic (exact) mass is 1050 g/mol. The molecule has 1 saturated heterocycles. The lowest BCUT2D eigenvalue weighted by molar-refractivity contribution is -0.122. The zero-order valence-electron chi connectivity index (χ0n) is 45.1. The van der Waals surface area contributed by atoms with E-state index in [9.17, 15) is 29.4 Å². The number of carbonyl (C=O) groups excluding carboxylic acids is 4. The smallest absolute Gasteiger partial charge is 0.415 e. The van der Waals surface area contributed by atoms with Gasteiger partial charge in [-0.05, 0) is 96.9 Å². The maximum atomic E-state index is 14.0. The molecule has 2 aromatic carbocycles. The molecule has 2 fully saturated rings. The first-order valence-corrected chi connectivity index (χ1v) is 25.7. The van der Waals surface area contributed by atoms with Crippen molar-refractivity contribution in [2.24, 2.45) is 29.4 Å². The molecule has 2 bridgehead atoms. The van der Waals surface area contributed by atoms with Crippen LogP contribution in [0, 0.1) is 23.7 Å². The number of fused-ring (bicyclic) bond motifs is 2. The minimum Gasteiger partial charge on any atom is -0.493 e. The van der Waals surface area contributed by atoms with E-state index in [4.69, 9.17) is 48.2 Å². The van der Waals surface area contributed by atoms with Gasteiger partial charge in [0.1, 0.15) is 11.9 Å². The molecule has 3 aliphatic rings. The molecule has 1 aromatic heterocycles. The Morgan fingerprint density at radius 1 is 0.813 bits per heavy atom. The summed E-state index contributed by atoms with van der Waals surface area (Å²) < 4.78 is 51.1. The SMILES string of the molecule is COc1ccc(-c2cnoc2-c2cc(OC)c(OC)c(OC)c2)cc1OC(=O)N1CCN(CCNC2=C3C[C@@H](C)C[C@H](OC)[C@@H](O)[C@@H](C)CC(C)[C@H](OC(N)=O)[C@@H](OC)CCCC(C)C(=O)CC(=CC2=O)C3O)CC1. The first-order chi connectivity index (χ1) is 35.9. The Morgan fingerprint density at radius 2 is 1.48 bits per heavy atom. The minimum atomic E-state index is -1.19. The summed E-state index contributed by atoms with van der Waals surface area (Å²) in [4.78, 5) is 57.3. The summed E-state index contributed by atoms with van der Waals surface area (Å²) in [5.74, 6) is 0.772. The third-order valence-corrected chi connectivity index (χ3v) is 14.8. The van der Waals surface area contributed by atoms with Gasteiger partial charge in [0.05, 0.1) is 64.7 Å². The minimum absolute atomic E-state index is 0.0986. The maximum Gasteiger partial charge on any atom is 0.415 e. The van der Waals surface area contributed by atoms with Crippen molar-refractivity contribution in [3.8, 4) is 51.2 Å². The quantitative estimate of drug-likeness (QED) is 0.133. The second kappa shape index (κ2) is 27.0. The molecule has 2 amide bonds. The fraction of sp³-hybridized carbons (Fsp3) is 0.582. The van der Waals surface area contributed by atoms with Crippen LogP contribution < -0.4 is 34.7 Å². The standard InChI is InChI=1S/C55H77N5O15/c1-31-22-38-48(41(62)26-36(50(38)64)25-40(61)32(2)12-11-13-43(68-6)51(74-54(56)65)34(4)24-33(3)49(63)45(23-31)69-7)57-16-17-59-18-20-60(21-19-59)55(66)73-44-27-35(14-15-42(44)67-5)39-30-58-75-52(39)37-28-46(70-8)53(72-10)47(29-37)71-9/h14-15,26-34,43,45,49-51,57,63-64H,11-13,16-25H2,1-10H3,(H2,56,65)/t31-,32?,33+,34?,43+,45+,49+,50?,51+/m1/s1. The number of nitrogens with two attached hydrogens (primary N) is 1. The van der Waals surface area contributed by atoms with Crippen molar-refractivity contribution in [1.82, 2.24) is 20.3 Å². The van der Waals surface area contributed by atoms with Gasteiger partial charge in [0.15, 0.2) is 28.8 Å². The highest BCUT2D eigenvalue weighted by Crippen LogP contribution is 2.44. The van der Waals surface area contributed by atoms with Gasteiger partial charge in [0.2, 0.25) is 11.5 Å². The molecule has 0 radical (unpaired) electrons. The number of primary amides is 1. The molecule has 0 spiro atoms. The molecule has 20 heteroatoms. The Kier molecular flexibility index (Phi) is 20.9.